The first-order valence-electron chi connectivity index (χ1n) is 7.39. The van der Waals surface area contributed by atoms with Crippen LogP contribution < -0.4 is 15.8 Å². The second-order valence-corrected chi connectivity index (χ2v) is 5.36. The van der Waals surface area contributed by atoms with Crippen molar-refractivity contribution in [3.05, 3.63) is 65.2 Å². The topological polar surface area (TPSA) is 64.3 Å². The number of hydrogen-bond donors (Lipinski definition) is 2. The number of benzene rings is 2. The Morgan fingerprint density at radius 1 is 1.22 bits per heavy atom. The van der Waals surface area contributed by atoms with Crippen molar-refractivity contribution in [2.45, 2.75) is 26.5 Å². The molecule has 4 nitrogen and oxygen atoms in total. The van der Waals surface area contributed by atoms with Crippen LogP contribution in [0.25, 0.3) is 0 Å². The second kappa shape index (κ2) is 9.18. The van der Waals surface area contributed by atoms with Crippen molar-refractivity contribution < 1.29 is 9.53 Å². The summed E-state index contributed by atoms with van der Waals surface area (Å²) in [5.74, 6) is 0.706. The van der Waals surface area contributed by atoms with Crippen molar-refractivity contribution in [3.8, 4) is 5.75 Å². The van der Waals surface area contributed by atoms with Crippen molar-refractivity contribution in [2.24, 2.45) is 5.73 Å². The van der Waals surface area contributed by atoms with Gasteiger partial charge in [-0.2, -0.15) is 0 Å². The monoisotopic (exact) mass is 334 g/mol. The summed E-state index contributed by atoms with van der Waals surface area (Å²) in [5.41, 5.74) is 8.32. The van der Waals surface area contributed by atoms with E-state index >= 15 is 0 Å². The van der Waals surface area contributed by atoms with E-state index in [1.54, 1.807) is 12.1 Å². The number of hydrogen-bond acceptors (Lipinski definition) is 3. The molecule has 23 heavy (non-hydrogen) atoms. The highest BCUT2D eigenvalue weighted by molar-refractivity contribution is 5.94. The maximum atomic E-state index is 12.1. The maximum absolute atomic E-state index is 12.1. The largest absolute Gasteiger partial charge is 0.489 e. The van der Waals surface area contributed by atoms with Crippen LogP contribution in [0.5, 0.6) is 5.75 Å². The van der Waals surface area contributed by atoms with E-state index in [1.807, 2.05) is 50.2 Å². The molecular formula is C18H23ClN2O2. The Kier molecular flexibility index (Phi) is 7.59. The van der Waals surface area contributed by atoms with Crippen molar-refractivity contribution in [3.63, 3.8) is 0 Å². The van der Waals surface area contributed by atoms with Crippen LogP contribution in [-0.2, 0) is 6.54 Å². The Morgan fingerprint density at radius 2 is 1.91 bits per heavy atom. The van der Waals surface area contributed by atoms with E-state index in [-0.39, 0.29) is 24.4 Å². The summed E-state index contributed by atoms with van der Waals surface area (Å²) in [5, 5.41) is 2.88. The van der Waals surface area contributed by atoms with Crippen LogP contribution in [-0.4, -0.2) is 18.6 Å². The molecule has 1 atom stereocenters. The lowest BCUT2D eigenvalue weighted by atomic mass is 10.1. The SMILES string of the molecule is Cc1cccc(OC(C)CNC(=O)c2ccc(CN)cc2)c1.Cl. The number of ether oxygens (including phenoxy) is 1. The average molecular weight is 335 g/mol. The lowest BCUT2D eigenvalue weighted by Gasteiger charge is -2.16. The normalized spacial score (nSPS) is 11.3. The molecule has 3 N–H and O–H groups in total. The van der Waals surface area contributed by atoms with E-state index in [0.717, 1.165) is 16.9 Å². The van der Waals surface area contributed by atoms with E-state index < -0.39 is 0 Å². The van der Waals surface area contributed by atoms with Gasteiger partial charge in [-0.05, 0) is 49.2 Å². The van der Waals surface area contributed by atoms with Gasteiger partial charge in [0.2, 0.25) is 0 Å². The number of halogens is 1. The molecule has 0 saturated heterocycles. The van der Waals surface area contributed by atoms with Gasteiger partial charge in [-0.3, -0.25) is 4.79 Å². The first-order valence-corrected chi connectivity index (χ1v) is 7.39. The third-order valence-electron chi connectivity index (χ3n) is 3.33. The Hall–Kier alpha value is -2.04. The Labute approximate surface area is 143 Å². The maximum Gasteiger partial charge on any atom is 0.251 e. The van der Waals surface area contributed by atoms with E-state index in [9.17, 15) is 4.79 Å². The molecular weight excluding hydrogens is 312 g/mol. The van der Waals surface area contributed by atoms with E-state index in [1.165, 1.54) is 0 Å². The van der Waals surface area contributed by atoms with Crippen molar-refractivity contribution >= 4 is 18.3 Å². The van der Waals surface area contributed by atoms with Gasteiger partial charge in [-0.15, -0.1) is 12.4 Å². The molecule has 124 valence electrons. The van der Waals surface area contributed by atoms with Gasteiger partial charge < -0.3 is 15.8 Å². The molecule has 0 aliphatic heterocycles. The molecule has 0 bridgehead atoms. The molecule has 0 fully saturated rings. The van der Waals surface area contributed by atoms with Crippen molar-refractivity contribution in [2.75, 3.05) is 6.54 Å². The van der Waals surface area contributed by atoms with E-state index in [0.29, 0.717) is 18.7 Å². The molecule has 0 spiro atoms. The Balaban J connectivity index is 0.00000264. The average Bonchev–Trinajstić information content (AvgIpc) is 2.52. The highest BCUT2D eigenvalue weighted by Gasteiger charge is 2.09. The first kappa shape index (κ1) is 19.0. The highest BCUT2D eigenvalue weighted by atomic mass is 35.5. The van der Waals surface area contributed by atoms with Crippen LogP contribution in [0.15, 0.2) is 48.5 Å². The van der Waals surface area contributed by atoms with Crippen LogP contribution in [0.1, 0.15) is 28.4 Å². The standard InChI is InChI=1S/C18H22N2O2.ClH/c1-13-4-3-5-17(10-13)22-14(2)12-20-18(21)16-8-6-15(11-19)7-9-16;/h3-10,14H,11-12,19H2,1-2H3,(H,20,21);1H. The third-order valence-corrected chi connectivity index (χ3v) is 3.33. The van der Waals surface area contributed by atoms with Gasteiger partial charge in [0.1, 0.15) is 11.9 Å². The van der Waals surface area contributed by atoms with E-state index in [2.05, 4.69) is 5.32 Å². The second-order valence-electron chi connectivity index (χ2n) is 5.36. The molecule has 2 rings (SSSR count). The fourth-order valence-electron chi connectivity index (χ4n) is 2.09. The highest BCUT2D eigenvalue weighted by Crippen LogP contribution is 2.14. The molecule has 2 aromatic rings. The summed E-state index contributed by atoms with van der Waals surface area (Å²) in [6.45, 7) is 4.87. The zero-order valence-corrected chi connectivity index (χ0v) is 14.2. The van der Waals surface area contributed by atoms with Crippen LogP contribution in [0.2, 0.25) is 0 Å². The molecule has 0 heterocycles. The van der Waals surface area contributed by atoms with Gasteiger partial charge in [-0.1, -0.05) is 24.3 Å². The van der Waals surface area contributed by atoms with Crippen LogP contribution in [0.3, 0.4) is 0 Å². The first-order chi connectivity index (χ1) is 10.6. The summed E-state index contributed by atoms with van der Waals surface area (Å²) >= 11 is 0. The summed E-state index contributed by atoms with van der Waals surface area (Å²) in [6.07, 6.45) is -0.103. The van der Waals surface area contributed by atoms with Gasteiger partial charge in [0.05, 0.1) is 6.54 Å². The molecule has 0 aliphatic carbocycles. The predicted molar refractivity (Wildman–Crippen MR) is 95.2 cm³/mol. The number of amides is 1. The smallest absolute Gasteiger partial charge is 0.251 e. The summed E-state index contributed by atoms with van der Waals surface area (Å²) < 4.78 is 5.79. The number of rotatable bonds is 6. The van der Waals surface area contributed by atoms with Gasteiger partial charge in [-0.25, -0.2) is 0 Å². The summed E-state index contributed by atoms with van der Waals surface area (Å²) in [4.78, 5) is 12.1. The number of carbonyl (C=O) groups is 1. The van der Waals surface area contributed by atoms with Crippen LogP contribution in [0.4, 0.5) is 0 Å². The minimum atomic E-state index is -0.108. The minimum Gasteiger partial charge on any atom is -0.489 e. The number of nitrogens with two attached hydrogens (primary N) is 1. The lowest BCUT2D eigenvalue weighted by molar-refractivity contribution is 0.0932. The Morgan fingerprint density at radius 3 is 2.52 bits per heavy atom. The summed E-state index contributed by atoms with van der Waals surface area (Å²) in [6, 6.07) is 15.1. The van der Waals surface area contributed by atoms with Gasteiger partial charge >= 0.3 is 0 Å². The molecule has 0 aromatic heterocycles. The van der Waals surface area contributed by atoms with Crippen molar-refractivity contribution in [1.29, 1.82) is 0 Å². The molecule has 5 heteroatoms. The lowest BCUT2D eigenvalue weighted by Crippen LogP contribution is -2.33. The predicted octanol–water partition coefficient (Wildman–Crippen LogP) is 3.07. The quantitative estimate of drug-likeness (QED) is 0.853. The summed E-state index contributed by atoms with van der Waals surface area (Å²) in [7, 11) is 0. The molecule has 1 amide bonds. The fraction of sp³-hybridized carbons (Fsp3) is 0.278. The van der Waals surface area contributed by atoms with E-state index in [4.69, 9.17) is 10.5 Å². The molecule has 0 saturated carbocycles. The molecule has 0 aliphatic rings. The van der Waals surface area contributed by atoms with Gasteiger partial charge in [0.25, 0.3) is 5.91 Å². The van der Waals surface area contributed by atoms with Gasteiger partial charge in [0.15, 0.2) is 0 Å². The van der Waals surface area contributed by atoms with Crippen LogP contribution >= 0.6 is 12.4 Å². The van der Waals surface area contributed by atoms with Gasteiger partial charge in [0, 0.05) is 12.1 Å². The van der Waals surface area contributed by atoms with Crippen LogP contribution in [0, 0.1) is 6.92 Å². The molecule has 2 aromatic carbocycles. The zero-order valence-electron chi connectivity index (χ0n) is 13.4. The minimum absolute atomic E-state index is 0. The molecule has 1 unspecified atom stereocenters. The molecule has 0 radical (unpaired) electrons. The van der Waals surface area contributed by atoms with Crippen molar-refractivity contribution in [1.82, 2.24) is 5.32 Å². The number of nitrogens with one attached hydrogen (secondary N) is 1. The number of aryl methyl sites for hydroxylation is 1. The fourth-order valence-corrected chi connectivity index (χ4v) is 2.09. The third kappa shape index (κ3) is 5.93. The number of carbonyl (C=O) groups excluding carboxylic acids is 1. The zero-order chi connectivity index (χ0) is 15.9. The Bertz CT molecular complexity index is 629.